The van der Waals surface area contributed by atoms with E-state index >= 15 is 0 Å². The lowest BCUT2D eigenvalue weighted by atomic mass is 9.94. The number of amides is 1. The van der Waals surface area contributed by atoms with Crippen LogP contribution >= 0.6 is 0 Å². The molecule has 1 atom stereocenters. The third-order valence-corrected chi connectivity index (χ3v) is 5.61. The summed E-state index contributed by atoms with van der Waals surface area (Å²) in [6.45, 7) is 5.42. The Kier molecular flexibility index (Phi) is 6.72. The van der Waals surface area contributed by atoms with Crippen molar-refractivity contribution in [3.63, 3.8) is 0 Å². The molecule has 152 valence electrons. The van der Waals surface area contributed by atoms with E-state index in [1.807, 2.05) is 44.2 Å². The van der Waals surface area contributed by atoms with Crippen LogP contribution in [0.1, 0.15) is 26.3 Å². The Balaban J connectivity index is 2.21. The zero-order valence-electron chi connectivity index (χ0n) is 17.0. The number of sulfonamides is 1. The predicted octanol–water partition coefficient (Wildman–Crippen LogP) is 2.99. The molecule has 7 heteroatoms. The van der Waals surface area contributed by atoms with Crippen molar-refractivity contribution in [2.45, 2.75) is 38.8 Å². The number of nitrogens with one attached hydrogen (secondary N) is 1. The van der Waals surface area contributed by atoms with Crippen LogP contribution in [0.4, 0.5) is 5.69 Å². The SMILES string of the molecule is COc1ccc(N([C@H](C)C(=O)NC(C)(C)Cc2ccccc2)S(C)(=O)=O)cc1. The maximum atomic E-state index is 12.9. The number of anilines is 1. The van der Waals surface area contributed by atoms with Crippen molar-refractivity contribution < 1.29 is 17.9 Å². The molecule has 1 N–H and O–H groups in total. The molecule has 6 nitrogen and oxygen atoms in total. The lowest BCUT2D eigenvalue weighted by molar-refractivity contribution is -0.123. The van der Waals surface area contributed by atoms with Crippen molar-refractivity contribution in [3.8, 4) is 5.75 Å². The molecule has 0 aliphatic carbocycles. The lowest BCUT2D eigenvalue weighted by Crippen LogP contribution is -2.54. The van der Waals surface area contributed by atoms with Crippen LogP contribution in [0.15, 0.2) is 54.6 Å². The molecule has 2 aromatic rings. The summed E-state index contributed by atoms with van der Waals surface area (Å²) in [7, 11) is -2.13. The van der Waals surface area contributed by atoms with Crippen LogP contribution in [0.25, 0.3) is 0 Å². The highest BCUT2D eigenvalue weighted by atomic mass is 32.2. The molecule has 0 aromatic heterocycles. The number of carbonyl (C=O) groups is 1. The van der Waals surface area contributed by atoms with E-state index in [9.17, 15) is 13.2 Å². The average molecular weight is 405 g/mol. The fourth-order valence-corrected chi connectivity index (χ4v) is 4.30. The van der Waals surface area contributed by atoms with Crippen LogP contribution in [0.2, 0.25) is 0 Å². The Labute approximate surface area is 167 Å². The molecule has 0 aliphatic rings. The van der Waals surface area contributed by atoms with Gasteiger partial charge in [0.15, 0.2) is 0 Å². The Morgan fingerprint density at radius 3 is 2.18 bits per heavy atom. The molecule has 28 heavy (non-hydrogen) atoms. The number of benzene rings is 2. The normalized spacial score (nSPS) is 12.9. The van der Waals surface area contributed by atoms with E-state index in [1.54, 1.807) is 31.2 Å². The Morgan fingerprint density at radius 1 is 1.11 bits per heavy atom. The van der Waals surface area contributed by atoms with E-state index in [-0.39, 0.29) is 5.91 Å². The Bertz CT molecular complexity index is 894. The number of hydrogen-bond donors (Lipinski definition) is 1. The highest BCUT2D eigenvalue weighted by Gasteiger charge is 2.32. The first kappa shape index (κ1) is 21.8. The second kappa shape index (κ2) is 8.65. The van der Waals surface area contributed by atoms with Crippen LogP contribution in [0, 0.1) is 0 Å². The topological polar surface area (TPSA) is 75.7 Å². The van der Waals surface area contributed by atoms with Crippen LogP contribution < -0.4 is 14.4 Å². The van der Waals surface area contributed by atoms with Gasteiger partial charge >= 0.3 is 0 Å². The minimum atomic E-state index is -3.66. The summed E-state index contributed by atoms with van der Waals surface area (Å²) in [5.41, 5.74) is 0.970. The molecule has 0 heterocycles. The summed E-state index contributed by atoms with van der Waals surface area (Å²) in [5, 5.41) is 2.98. The lowest BCUT2D eigenvalue weighted by Gasteiger charge is -2.33. The minimum Gasteiger partial charge on any atom is -0.497 e. The first-order valence-corrected chi connectivity index (χ1v) is 10.9. The van der Waals surface area contributed by atoms with Crippen molar-refractivity contribution in [1.29, 1.82) is 0 Å². The number of carbonyl (C=O) groups excluding carboxylic acids is 1. The van der Waals surface area contributed by atoms with Gasteiger partial charge in [-0.1, -0.05) is 30.3 Å². The summed E-state index contributed by atoms with van der Waals surface area (Å²) in [4.78, 5) is 12.9. The van der Waals surface area contributed by atoms with Gasteiger partial charge < -0.3 is 10.1 Å². The third-order valence-electron chi connectivity index (χ3n) is 4.37. The maximum Gasteiger partial charge on any atom is 0.244 e. The van der Waals surface area contributed by atoms with Crippen molar-refractivity contribution in [3.05, 3.63) is 60.2 Å². The first-order valence-electron chi connectivity index (χ1n) is 9.03. The van der Waals surface area contributed by atoms with Gasteiger partial charge in [-0.05, 0) is 57.0 Å². The van der Waals surface area contributed by atoms with Gasteiger partial charge in [-0.2, -0.15) is 0 Å². The number of nitrogens with zero attached hydrogens (tertiary/aromatic N) is 1. The van der Waals surface area contributed by atoms with E-state index < -0.39 is 21.6 Å². The Morgan fingerprint density at radius 2 is 1.68 bits per heavy atom. The zero-order chi connectivity index (χ0) is 20.9. The molecule has 0 saturated heterocycles. The summed E-state index contributed by atoms with van der Waals surface area (Å²) < 4.78 is 31.1. The second-order valence-corrected chi connectivity index (χ2v) is 9.33. The molecule has 0 bridgehead atoms. The number of methoxy groups -OCH3 is 1. The van der Waals surface area contributed by atoms with E-state index in [4.69, 9.17) is 4.74 Å². The Hall–Kier alpha value is -2.54. The number of hydrogen-bond acceptors (Lipinski definition) is 4. The van der Waals surface area contributed by atoms with Crippen molar-refractivity contribution >= 4 is 21.6 Å². The van der Waals surface area contributed by atoms with Gasteiger partial charge in [0.1, 0.15) is 11.8 Å². The maximum absolute atomic E-state index is 12.9. The molecule has 0 fully saturated rings. The monoisotopic (exact) mass is 404 g/mol. The second-order valence-electron chi connectivity index (χ2n) is 7.47. The highest BCUT2D eigenvalue weighted by molar-refractivity contribution is 7.92. The quantitative estimate of drug-likeness (QED) is 0.734. The van der Waals surface area contributed by atoms with E-state index in [0.717, 1.165) is 16.1 Å². The highest BCUT2D eigenvalue weighted by Crippen LogP contribution is 2.24. The molecule has 0 spiro atoms. The summed E-state index contributed by atoms with van der Waals surface area (Å²) >= 11 is 0. The number of rotatable bonds is 8. The molecule has 2 rings (SSSR count). The van der Waals surface area contributed by atoms with Gasteiger partial charge in [0.05, 0.1) is 19.1 Å². The van der Waals surface area contributed by atoms with Crippen LogP contribution in [-0.2, 0) is 21.2 Å². The molecular formula is C21H28N2O4S. The molecule has 0 unspecified atom stereocenters. The summed E-state index contributed by atoms with van der Waals surface area (Å²) in [5.74, 6) is 0.250. The van der Waals surface area contributed by atoms with Crippen molar-refractivity contribution in [1.82, 2.24) is 5.32 Å². The van der Waals surface area contributed by atoms with Gasteiger partial charge in [0.25, 0.3) is 0 Å². The summed E-state index contributed by atoms with van der Waals surface area (Å²) in [6.07, 6.45) is 1.73. The van der Waals surface area contributed by atoms with Gasteiger partial charge in [0, 0.05) is 5.54 Å². The molecule has 1 amide bonds. The van der Waals surface area contributed by atoms with Gasteiger partial charge in [-0.15, -0.1) is 0 Å². The van der Waals surface area contributed by atoms with E-state index in [0.29, 0.717) is 17.9 Å². The molecular weight excluding hydrogens is 376 g/mol. The van der Waals surface area contributed by atoms with Gasteiger partial charge in [-0.3, -0.25) is 9.10 Å². The van der Waals surface area contributed by atoms with Crippen molar-refractivity contribution in [2.75, 3.05) is 17.7 Å². The van der Waals surface area contributed by atoms with Gasteiger partial charge in [0.2, 0.25) is 15.9 Å². The average Bonchev–Trinajstić information content (AvgIpc) is 2.61. The number of ether oxygens (including phenoxy) is 1. The van der Waals surface area contributed by atoms with Gasteiger partial charge in [-0.25, -0.2) is 8.42 Å². The largest absolute Gasteiger partial charge is 0.497 e. The van der Waals surface area contributed by atoms with E-state index in [1.165, 1.54) is 7.11 Å². The van der Waals surface area contributed by atoms with Crippen LogP contribution in [0.5, 0.6) is 5.75 Å². The smallest absolute Gasteiger partial charge is 0.244 e. The molecule has 0 radical (unpaired) electrons. The van der Waals surface area contributed by atoms with Crippen LogP contribution in [0.3, 0.4) is 0 Å². The fourth-order valence-electron chi connectivity index (χ4n) is 3.13. The minimum absolute atomic E-state index is 0.359. The molecule has 0 aliphatic heterocycles. The fraction of sp³-hybridized carbons (Fsp3) is 0.381. The molecule has 0 saturated carbocycles. The van der Waals surface area contributed by atoms with Crippen molar-refractivity contribution in [2.24, 2.45) is 0 Å². The van der Waals surface area contributed by atoms with E-state index in [2.05, 4.69) is 5.32 Å². The standard InChI is InChI=1S/C21H28N2O4S/c1-16(20(24)22-21(2,3)15-17-9-7-6-8-10-17)23(28(5,25)26)18-11-13-19(27-4)14-12-18/h6-14,16H,15H2,1-5H3,(H,22,24)/t16-/m1/s1. The zero-order valence-corrected chi connectivity index (χ0v) is 17.8. The third kappa shape index (κ3) is 5.73. The first-order chi connectivity index (χ1) is 13.0. The predicted molar refractivity (Wildman–Crippen MR) is 112 cm³/mol. The molecule has 2 aromatic carbocycles. The summed E-state index contributed by atoms with van der Waals surface area (Å²) in [6, 6.07) is 15.5. The van der Waals surface area contributed by atoms with Crippen LogP contribution in [-0.4, -0.2) is 39.3 Å².